The first-order valence-corrected chi connectivity index (χ1v) is 5.23. The third-order valence-electron chi connectivity index (χ3n) is 2.42. The molecule has 2 rings (SSSR count). The summed E-state index contributed by atoms with van der Waals surface area (Å²) in [5.41, 5.74) is 0.530. The lowest BCUT2D eigenvalue weighted by Gasteiger charge is -2.24. The minimum atomic E-state index is -1.29. The molecular weight excluding hydrogens is 254 g/mol. The number of phenols is 1. The van der Waals surface area contributed by atoms with E-state index in [9.17, 15) is 19.2 Å². The van der Waals surface area contributed by atoms with Crippen molar-refractivity contribution in [3.63, 3.8) is 0 Å². The summed E-state index contributed by atoms with van der Waals surface area (Å²) in [6.07, 6.45) is 0. The third-order valence-corrected chi connectivity index (χ3v) is 2.42. The first-order chi connectivity index (χ1) is 8.99. The highest BCUT2D eigenvalue weighted by Crippen LogP contribution is 2.13. The van der Waals surface area contributed by atoms with Crippen LogP contribution in [-0.2, 0) is 14.4 Å². The van der Waals surface area contributed by atoms with Crippen molar-refractivity contribution in [2.75, 3.05) is 12.0 Å². The lowest BCUT2D eigenvalue weighted by molar-refractivity contribution is -0.150. The van der Waals surface area contributed by atoms with Gasteiger partial charge < -0.3 is 10.4 Å². The van der Waals surface area contributed by atoms with Gasteiger partial charge in [0.25, 0.3) is 0 Å². The quantitative estimate of drug-likeness (QED) is 0.496. The van der Waals surface area contributed by atoms with Crippen LogP contribution < -0.4 is 10.6 Å². The zero-order valence-electron chi connectivity index (χ0n) is 9.54. The van der Waals surface area contributed by atoms with Crippen LogP contribution in [0.3, 0.4) is 0 Å². The number of benzene rings is 1. The Labute approximate surface area is 107 Å². The Balaban J connectivity index is 2.04. The lowest BCUT2D eigenvalue weighted by atomic mass is 10.2. The van der Waals surface area contributed by atoms with Crippen LogP contribution in [-0.4, -0.2) is 40.3 Å². The smallest absolute Gasteiger partial charge is 0.332 e. The Morgan fingerprint density at radius 1 is 1.11 bits per heavy atom. The van der Waals surface area contributed by atoms with E-state index in [4.69, 9.17) is 5.11 Å². The average Bonchev–Trinajstić information content (AvgIpc) is 2.38. The van der Waals surface area contributed by atoms with Crippen LogP contribution in [0.25, 0.3) is 0 Å². The Morgan fingerprint density at radius 2 is 1.74 bits per heavy atom. The maximum absolute atomic E-state index is 11.4. The first kappa shape index (κ1) is 12.6. The lowest BCUT2D eigenvalue weighted by Crippen LogP contribution is -2.59. The molecule has 1 aromatic carbocycles. The highest BCUT2D eigenvalue weighted by Gasteiger charge is 2.38. The van der Waals surface area contributed by atoms with Crippen molar-refractivity contribution < 1.29 is 24.3 Å². The summed E-state index contributed by atoms with van der Waals surface area (Å²) in [4.78, 5) is 45.4. The molecule has 0 saturated carbocycles. The molecule has 0 unspecified atom stereocenters. The summed E-state index contributed by atoms with van der Waals surface area (Å²) < 4.78 is 0. The summed E-state index contributed by atoms with van der Waals surface area (Å²) in [7, 11) is 0. The number of nitrogens with zero attached hydrogens (tertiary/aromatic N) is 1. The number of rotatable bonds is 3. The number of nitrogens with one attached hydrogen (secondary N) is 2. The predicted octanol–water partition coefficient (Wildman–Crippen LogP) is -0.591. The number of carbonyl (C=O) groups excluding carboxylic acids is 4. The van der Waals surface area contributed by atoms with Gasteiger partial charge in [0, 0.05) is 5.69 Å². The van der Waals surface area contributed by atoms with E-state index in [-0.39, 0.29) is 12.4 Å². The van der Waals surface area contributed by atoms with E-state index in [2.05, 4.69) is 5.32 Å². The van der Waals surface area contributed by atoms with Gasteiger partial charge in [0.1, 0.15) is 12.4 Å². The third kappa shape index (κ3) is 2.51. The topological polar surface area (TPSA) is 116 Å². The summed E-state index contributed by atoms with van der Waals surface area (Å²) in [5.74, 6) is -3.62. The number of Topliss-reactive ketones (excluding diaryl/α,β-unsaturated/α-hetero) is 1. The number of hydrogen-bond acceptors (Lipinski definition) is 6. The number of amides is 4. The molecule has 1 heterocycles. The molecule has 19 heavy (non-hydrogen) atoms. The van der Waals surface area contributed by atoms with Gasteiger partial charge >= 0.3 is 23.6 Å². The zero-order chi connectivity index (χ0) is 14.0. The molecule has 1 aliphatic rings. The molecule has 98 valence electrons. The van der Waals surface area contributed by atoms with Crippen molar-refractivity contribution >= 4 is 29.3 Å². The number of hydrogen-bond donors (Lipinski definition) is 3. The maximum atomic E-state index is 11.4. The van der Waals surface area contributed by atoms with E-state index < -0.39 is 23.6 Å². The van der Waals surface area contributed by atoms with E-state index in [1.54, 1.807) is 5.32 Å². The second-order valence-electron chi connectivity index (χ2n) is 3.70. The highest BCUT2D eigenvalue weighted by molar-refractivity contribution is 6.66. The van der Waals surface area contributed by atoms with Crippen molar-refractivity contribution in [2.24, 2.45) is 0 Å². The minimum absolute atomic E-state index is 0.0677. The van der Waals surface area contributed by atoms with Crippen LogP contribution in [0.4, 0.5) is 10.5 Å². The van der Waals surface area contributed by atoms with Crippen molar-refractivity contribution in [1.82, 2.24) is 10.2 Å². The monoisotopic (exact) mass is 263 g/mol. The van der Waals surface area contributed by atoms with Gasteiger partial charge in [-0.15, -0.1) is 0 Å². The van der Waals surface area contributed by atoms with Crippen LogP contribution >= 0.6 is 0 Å². The number of carbonyl (C=O) groups is 4. The number of phenolic OH excluding ortho intramolecular Hbond substituents is 1. The second kappa shape index (κ2) is 4.77. The molecule has 1 aromatic rings. The molecule has 1 fully saturated rings. The normalized spacial score (nSPS) is 15.5. The van der Waals surface area contributed by atoms with Gasteiger partial charge in [0.05, 0.1) is 0 Å². The zero-order valence-corrected chi connectivity index (χ0v) is 9.54. The first-order valence-electron chi connectivity index (χ1n) is 5.23. The predicted molar refractivity (Wildman–Crippen MR) is 62.0 cm³/mol. The van der Waals surface area contributed by atoms with Crippen LogP contribution in [0.5, 0.6) is 5.75 Å². The molecule has 0 radical (unpaired) electrons. The number of barbiturate groups is 1. The largest absolute Gasteiger partial charge is 0.508 e. The molecule has 0 spiro atoms. The second-order valence-corrected chi connectivity index (χ2v) is 3.70. The van der Waals surface area contributed by atoms with Gasteiger partial charge in [-0.05, 0) is 24.3 Å². The summed E-state index contributed by atoms with van der Waals surface area (Å²) in [6, 6.07) is 4.91. The number of aromatic hydroxyl groups is 1. The van der Waals surface area contributed by atoms with Gasteiger partial charge in [-0.3, -0.25) is 19.7 Å². The van der Waals surface area contributed by atoms with Crippen LogP contribution in [0.1, 0.15) is 0 Å². The summed E-state index contributed by atoms with van der Waals surface area (Å²) in [5, 5.41) is 13.5. The maximum Gasteiger partial charge on any atom is 0.332 e. The van der Waals surface area contributed by atoms with E-state index in [0.717, 1.165) is 0 Å². The average molecular weight is 263 g/mol. The molecule has 0 aromatic heterocycles. The molecule has 0 aliphatic carbocycles. The Bertz CT molecular complexity index is 566. The van der Waals surface area contributed by atoms with E-state index in [0.29, 0.717) is 10.6 Å². The SMILES string of the molecule is O=C1NC(=O)N(CNc2ccc(O)cc2)C(=O)C1=O. The molecule has 1 aliphatic heterocycles. The van der Waals surface area contributed by atoms with Crippen molar-refractivity contribution in [3.8, 4) is 5.75 Å². The minimum Gasteiger partial charge on any atom is -0.508 e. The Morgan fingerprint density at radius 3 is 2.37 bits per heavy atom. The summed E-state index contributed by atoms with van der Waals surface area (Å²) in [6.45, 7) is -0.269. The fourth-order valence-corrected chi connectivity index (χ4v) is 1.43. The van der Waals surface area contributed by atoms with Gasteiger partial charge in [0.2, 0.25) is 0 Å². The molecule has 8 heteroatoms. The van der Waals surface area contributed by atoms with E-state index in [1.807, 2.05) is 0 Å². The molecular formula is C11H9N3O5. The highest BCUT2D eigenvalue weighted by atomic mass is 16.3. The van der Waals surface area contributed by atoms with Gasteiger partial charge in [-0.25, -0.2) is 9.69 Å². The molecule has 3 N–H and O–H groups in total. The van der Waals surface area contributed by atoms with Crippen LogP contribution in [0.15, 0.2) is 24.3 Å². The van der Waals surface area contributed by atoms with Gasteiger partial charge in [-0.2, -0.15) is 0 Å². The number of urea groups is 1. The van der Waals surface area contributed by atoms with E-state index >= 15 is 0 Å². The number of imide groups is 2. The standard InChI is InChI=1S/C11H9N3O5/c15-7-3-1-6(2-4-7)12-5-14-10(18)8(16)9(17)13-11(14)19/h1-4,12,15H,5H2,(H,13,17,19). The fraction of sp³-hybridized carbons (Fsp3) is 0.0909. The Hall–Kier alpha value is -2.90. The van der Waals surface area contributed by atoms with Gasteiger partial charge in [0.15, 0.2) is 0 Å². The van der Waals surface area contributed by atoms with Crippen molar-refractivity contribution in [1.29, 1.82) is 0 Å². The number of ketones is 1. The summed E-state index contributed by atoms with van der Waals surface area (Å²) >= 11 is 0. The fourth-order valence-electron chi connectivity index (χ4n) is 1.43. The molecule has 0 bridgehead atoms. The molecule has 8 nitrogen and oxygen atoms in total. The van der Waals surface area contributed by atoms with Crippen LogP contribution in [0.2, 0.25) is 0 Å². The molecule has 0 atom stereocenters. The van der Waals surface area contributed by atoms with Gasteiger partial charge in [-0.1, -0.05) is 0 Å². The molecule has 1 saturated heterocycles. The molecule has 4 amide bonds. The number of anilines is 1. The van der Waals surface area contributed by atoms with E-state index in [1.165, 1.54) is 24.3 Å². The van der Waals surface area contributed by atoms with Crippen molar-refractivity contribution in [2.45, 2.75) is 0 Å². The van der Waals surface area contributed by atoms with Crippen LogP contribution in [0, 0.1) is 0 Å². The Kier molecular flexibility index (Phi) is 3.15. The van der Waals surface area contributed by atoms with Crippen molar-refractivity contribution in [3.05, 3.63) is 24.3 Å².